The van der Waals surface area contributed by atoms with Crippen LogP contribution in [-0.4, -0.2) is 37.6 Å². The zero-order valence-electron chi connectivity index (χ0n) is 10.4. The molecule has 3 fully saturated rings. The normalized spacial score (nSPS) is 37.3. The van der Waals surface area contributed by atoms with Crippen LogP contribution in [0.2, 0.25) is 0 Å². The third-order valence-corrected chi connectivity index (χ3v) is 5.02. The van der Waals surface area contributed by atoms with Crippen molar-refractivity contribution in [1.82, 2.24) is 10.2 Å². The van der Waals surface area contributed by atoms with Gasteiger partial charge in [-0.1, -0.05) is 13.3 Å². The van der Waals surface area contributed by atoms with Crippen LogP contribution in [0.25, 0.3) is 0 Å². The monoisotopic (exact) mass is 244 g/mol. The van der Waals surface area contributed by atoms with E-state index in [-0.39, 0.29) is 12.4 Å². The van der Waals surface area contributed by atoms with Crippen molar-refractivity contribution < 1.29 is 0 Å². The van der Waals surface area contributed by atoms with Gasteiger partial charge in [-0.3, -0.25) is 0 Å². The molecule has 0 radical (unpaired) electrons. The molecule has 3 aliphatic rings. The fourth-order valence-corrected chi connectivity index (χ4v) is 3.78. The molecule has 2 nitrogen and oxygen atoms in total. The molecule has 1 atom stereocenters. The highest BCUT2D eigenvalue weighted by molar-refractivity contribution is 5.85. The third-order valence-electron chi connectivity index (χ3n) is 5.02. The Hall–Kier alpha value is 0.210. The summed E-state index contributed by atoms with van der Waals surface area (Å²) in [5.41, 5.74) is 1.34. The van der Waals surface area contributed by atoms with E-state index in [1.807, 2.05) is 0 Å². The van der Waals surface area contributed by atoms with Gasteiger partial charge < -0.3 is 10.2 Å². The van der Waals surface area contributed by atoms with Crippen LogP contribution in [0.5, 0.6) is 0 Å². The molecular weight excluding hydrogens is 220 g/mol. The number of hydrogen-bond donors (Lipinski definition) is 1. The van der Waals surface area contributed by atoms with Crippen molar-refractivity contribution in [3.05, 3.63) is 0 Å². The molecule has 0 aromatic rings. The van der Waals surface area contributed by atoms with Gasteiger partial charge in [0.2, 0.25) is 0 Å². The lowest BCUT2D eigenvalue weighted by Crippen LogP contribution is -2.40. The summed E-state index contributed by atoms with van der Waals surface area (Å²) in [6.07, 6.45) is 7.26. The first-order chi connectivity index (χ1) is 7.20. The molecule has 0 aromatic carbocycles. The average Bonchev–Trinajstić information content (AvgIpc) is 2.76. The zero-order chi connectivity index (χ0) is 10.4. The van der Waals surface area contributed by atoms with E-state index in [9.17, 15) is 0 Å². The van der Waals surface area contributed by atoms with E-state index in [2.05, 4.69) is 17.1 Å². The van der Waals surface area contributed by atoms with Crippen molar-refractivity contribution in [3.8, 4) is 0 Å². The smallest absolute Gasteiger partial charge is 0.00513 e. The van der Waals surface area contributed by atoms with Gasteiger partial charge in [0.05, 0.1) is 0 Å². The third kappa shape index (κ3) is 2.25. The molecule has 1 aliphatic carbocycles. The predicted molar refractivity (Wildman–Crippen MR) is 70.2 cm³/mol. The van der Waals surface area contributed by atoms with Crippen LogP contribution in [-0.2, 0) is 0 Å². The number of hydrogen-bond acceptors (Lipinski definition) is 2. The van der Waals surface area contributed by atoms with Crippen molar-refractivity contribution in [3.63, 3.8) is 0 Å². The fraction of sp³-hybridized carbons (Fsp3) is 1.00. The molecule has 2 aliphatic heterocycles. The van der Waals surface area contributed by atoms with Gasteiger partial charge in [0, 0.05) is 19.6 Å². The molecule has 3 heteroatoms. The number of nitrogens with zero attached hydrogens (tertiary/aromatic N) is 1. The second kappa shape index (κ2) is 4.47. The molecule has 94 valence electrons. The SMILES string of the molecule is CC1(CN2CCC3(CCNC3)C2)CCC1.Cl. The highest BCUT2D eigenvalue weighted by Crippen LogP contribution is 2.43. The summed E-state index contributed by atoms with van der Waals surface area (Å²) in [5, 5.41) is 3.54. The van der Waals surface area contributed by atoms with Crippen molar-refractivity contribution >= 4 is 12.4 Å². The predicted octanol–water partition coefficient (Wildman–Crippen LogP) is 2.28. The molecule has 1 unspecified atom stereocenters. The van der Waals surface area contributed by atoms with Crippen LogP contribution in [0.15, 0.2) is 0 Å². The Labute approximate surface area is 106 Å². The Morgan fingerprint density at radius 3 is 2.56 bits per heavy atom. The second-order valence-electron chi connectivity index (χ2n) is 6.55. The van der Waals surface area contributed by atoms with Crippen LogP contribution in [0, 0.1) is 10.8 Å². The Bertz CT molecular complexity index is 244. The highest BCUT2D eigenvalue weighted by Gasteiger charge is 2.43. The molecule has 0 bridgehead atoms. The van der Waals surface area contributed by atoms with Crippen LogP contribution >= 0.6 is 12.4 Å². The molecule has 1 saturated carbocycles. The van der Waals surface area contributed by atoms with Gasteiger partial charge >= 0.3 is 0 Å². The van der Waals surface area contributed by atoms with Crippen LogP contribution < -0.4 is 5.32 Å². The summed E-state index contributed by atoms with van der Waals surface area (Å²) in [4.78, 5) is 2.74. The largest absolute Gasteiger partial charge is 0.316 e. The number of rotatable bonds is 2. The summed E-state index contributed by atoms with van der Waals surface area (Å²) < 4.78 is 0. The Balaban J connectivity index is 0.000000963. The number of likely N-dealkylation sites (tertiary alicyclic amines) is 1. The fourth-order valence-electron chi connectivity index (χ4n) is 3.78. The van der Waals surface area contributed by atoms with Gasteiger partial charge in [0.15, 0.2) is 0 Å². The zero-order valence-corrected chi connectivity index (χ0v) is 11.2. The maximum absolute atomic E-state index is 3.54. The maximum Gasteiger partial charge on any atom is 0.00513 e. The minimum Gasteiger partial charge on any atom is -0.316 e. The Morgan fingerprint density at radius 1 is 1.19 bits per heavy atom. The molecular formula is C13H25ClN2. The van der Waals surface area contributed by atoms with Gasteiger partial charge in [-0.15, -0.1) is 12.4 Å². The second-order valence-corrected chi connectivity index (χ2v) is 6.55. The lowest BCUT2D eigenvalue weighted by molar-refractivity contribution is 0.0923. The van der Waals surface area contributed by atoms with Gasteiger partial charge in [-0.25, -0.2) is 0 Å². The van der Waals surface area contributed by atoms with Gasteiger partial charge in [0.1, 0.15) is 0 Å². The molecule has 1 spiro atoms. The molecule has 16 heavy (non-hydrogen) atoms. The first-order valence-corrected chi connectivity index (χ1v) is 6.63. The summed E-state index contributed by atoms with van der Waals surface area (Å²) >= 11 is 0. The molecule has 2 heterocycles. The van der Waals surface area contributed by atoms with E-state index in [0.717, 1.165) is 0 Å². The first-order valence-electron chi connectivity index (χ1n) is 6.63. The molecule has 0 amide bonds. The van der Waals surface area contributed by atoms with Crippen molar-refractivity contribution in [2.24, 2.45) is 10.8 Å². The van der Waals surface area contributed by atoms with Gasteiger partial charge in [-0.2, -0.15) is 0 Å². The summed E-state index contributed by atoms with van der Waals surface area (Å²) in [6, 6.07) is 0. The van der Waals surface area contributed by atoms with Crippen molar-refractivity contribution in [2.75, 3.05) is 32.7 Å². The van der Waals surface area contributed by atoms with E-state index in [4.69, 9.17) is 0 Å². The Kier molecular flexibility index (Phi) is 3.54. The molecule has 1 N–H and O–H groups in total. The first kappa shape index (κ1) is 12.7. The van der Waals surface area contributed by atoms with Crippen molar-refractivity contribution in [1.29, 1.82) is 0 Å². The van der Waals surface area contributed by atoms with E-state index in [1.165, 1.54) is 64.8 Å². The minimum atomic E-state index is 0. The van der Waals surface area contributed by atoms with E-state index >= 15 is 0 Å². The summed E-state index contributed by atoms with van der Waals surface area (Å²) in [7, 11) is 0. The Morgan fingerprint density at radius 2 is 2.00 bits per heavy atom. The van der Waals surface area contributed by atoms with E-state index in [1.54, 1.807) is 0 Å². The standard InChI is InChI=1S/C13H24N2.ClH/c1-12(3-2-4-12)10-15-8-6-13(11-15)5-7-14-9-13;/h14H,2-11H2,1H3;1H. The number of halogens is 1. The average molecular weight is 245 g/mol. The maximum atomic E-state index is 3.54. The minimum absolute atomic E-state index is 0. The quantitative estimate of drug-likeness (QED) is 0.802. The summed E-state index contributed by atoms with van der Waals surface area (Å²) in [5.74, 6) is 0. The molecule has 0 aromatic heterocycles. The van der Waals surface area contributed by atoms with Crippen LogP contribution in [0.3, 0.4) is 0 Å². The lowest BCUT2D eigenvalue weighted by Gasteiger charge is -2.41. The van der Waals surface area contributed by atoms with Gasteiger partial charge in [0.25, 0.3) is 0 Å². The highest BCUT2D eigenvalue weighted by atomic mass is 35.5. The van der Waals surface area contributed by atoms with Gasteiger partial charge in [-0.05, 0) is 49.6 Å². The van der Waals surface area contributed by atoms with Crippen LogP contribution in [0.4, 0.5) is 0 Å². The topological polar surface area (TPSA) is 15.3 Å². The van der Waals surface area contributed by atoms with Crippen LogP contribution in [0.1, 0.15) is 39.0 Å². The molecule has 3 rings (SSSR count). The number of nitrogens with one attached hydrogen (secondary N) is 1. The van der Waals surface area contributed by atoms with Crippen molar-refractivity contribution in [2.45, 2.75) is 39.0 Å². The van der Waals surface area contributed by atoms with E-state index in [0.29, 0.717) is 10.8 Å². The summed E-state index contributed by atoms with van der Waals surface area (Å²) in [6.45, 7) is 9.11. The van der Waals surface area contributed by atoms with E-state index < -0.39 is 0 Å². The lowest BCUT2D eigenvalue weighted by atomic mass is 9.70. The molecule has 2 saturated heterocycles.